The number of rotatable bonds is 4. The lowest BCUT2D eigenvalue weighted by atomic mass is 10.1. The largest absolute Gasteiger partial charge is 0.434 e. The quantitative estimate of drug-likeness (QED) is 0.646. The van der Waals surface area contributed by atoms with Crippen LogP contribution in [0.1, 0.15) is 11.3 Å². The molecule has 1 aromatic heterocycles. The number of nitrogens with zero attached hydrogens (tertiary/aromatic N) is 3. The highest BCUT2D eigenvalue weighted by Crippen LogP contribution is 2.36. The molecule has 31 heavy (non-hydrogen) atoms. The van der Waals surface area contributed by atoms with Crippen LogP contribution in [0.25, 0.3) is 11.3 Å². The minimum atomic E-state index is -5.74. The Morgan fingerprint density at radius 3 is 2.19 bits per heavy atom. The van der Waals surface area contributed by atoms with Gasteiger partial charge in [-0.1, -0.05) is 35.0 Å². The maximum atomic E-state index is 12.6. The Morgan fingerprint density at radius 1 is 1.06 bits per heavy atom. The minimum Gasteiger partial charge on any atom is -0.426 e. The number of carbonyl (C=O) groups excluding carboxylic acids is 1. The topological polar surface area (TPSA) is 58.8 Å². The average molecular weight is 451 g/mol. The highest BCUT2D eigenvalue weighted by Gasteiger charge is 2.60. The average Bonchev–Trinajstić information content (AvgIpc) is 3.13. The van der Waals surface area contributed by atoms with Gasteiger partial charge < -0.3 is 14.2 Å². The van der Waals surface area contributed by atoms with E-state index in [0.29, 0.717) is 18.0 Å². The van der Waals surface area contributed by atoms with E-state index in [1.807, 2.05) is 36.1 Å². The molecule has 1 fully saturated rings. The van der Waals surface area contributed by atoms with Crippen molar-refractivity contribution in [3.8, 4) is 11.3 Å². The number of halogens is 6. The Morgan fingerprint density at radius 2 is 1.65 bits per heavy atom. The van der Waals surface area contributed by atoms with Crippen molar-refractivity contribution >= 4 is 6.09 Å². The maximum absolute atomic E-state index is 12.6. The summed E-state index contributed by atoms with van der Waals surface area (Å²) < 4.78 is 84.4. The molecular formula is C19H19F6N3O3. The normalized spacial score (nSPS) is 16.1. The first-order valence-corrected chi connectivity index (χ1v) is 9.27. The number of piperazine rings is 1. The molecule has 1 aliphatic heterocycles. The Balaban J connectivity index is 1.53. The molecule has 0 radical (unpaired) electrons. The molecule has 1 saturated heterocycles. The number of hydrogen-bond donors (Lipinski definition) is 0. The van der Waals surface area contributed by atoms with Crippen molar-refractivity contribution in [1.29, 1.82) is 0 Å². The van der Waals surface area contributed by atoms with E-state index >= 15 is 0 Å². The fourth-order valence-corrected chi connectivity index (χ4v) is 3.05. The van der Waals surface area contributed by atoms with Gasteiger partial charge in [0.2, 0.25) is 0 Å². The Kier molecular flexibility index (Phi) is 6.48. The van der Waals surface area contributed by atoms with Crippen LogP contribution < -0.4 is 0 Å². The number of amides is 1. The van der Waals surface area contributed by atoms with Crippen molar-refractivity contribution in [3.05, 3.63) is 41.6 Å². The van der Waals surface area contributed by atoms with Crippen LogP contribution in [0.5, 0.6) is 0 Å². The third kappa shape index (κ3) is 5.90. The second-order valence-corrected chi connectivity index (χ2v) is 7.16. The van der Waals surface area contributed by atoms with E-state index in [2.05, 4.69) is 9.89 Å². The van der Waals surface area contributed by atoms with Gasteiger partial charge in [0.05, 0.1) is 5.69 Å². The first kappa shape index (κ1) is 22.9. The van der Waals surface area contributed by atoms with Gasteiger partial charge in [-0.2, -0.15) is 26.3 Å². The van der Waals surface area contributed by atoms with E-state index in [0.717, 1.165) is 16.0 Å². The van der Waals surface area contributed by atoms with Crippen LogP contribution >= 0.6 is 0 Å². The van der Waals surface area contributed by atoms with E-state index in [1.165, 1.54) is 0 Å². The number of alkyl halides is 6. The third-order valence-electron chi connectivity index (χ3n) is 4.72. The minimum absolute atomic E-state index is 0.0794. The molecule has 1 aromatic carbocycles. The lowest BCUT2D eigenvalue weighted by Gasteiger charge is -2.34. The van der Waals surface area contributed by atoms with E-state index < -0.39 is 24.5 Å². The third-order valence-corrected chi connectivity index (χ3v) is 4.72. The molecule has 2 aromatic rings. The number of ether oxygens (including phenoxy) is 1. The highest BCUT2D eigenvalue weighted by atomic mass is 19.4. The summed E-state index contributed by atoms with van der Waals surface area (Å²) in [6.07, 6.45) is -17.3. The zero-order valence-electron chi connectivity index (χ0n) is 16.3. The van der Waals surface area contributed by atoms with Crippen LogP contribution in [-0.4, -0.2) is 65.7 Å². The van der Waals surface area contributed by atoms with Crippen molar-refractivity contribution in [2.24, 2.45) is 0 Å². The Labute approximate surface area is 173 Å². The summed E-state index contributed by atoms with van der Waals surface area (Å²) in [6.45, 7) is 2.60. The van der Waals surface area contributed by atoms with Gasteiger partial charge in [0.25, 0.3) is 6.10 Å². The SMILES string of the molecule is Cc1ccc(-c2cc(CN3CCN(C(=O)OC(C(F)(F)F)C(F)(F)F)CC3)no2)cc1. The number of aryl methyl sites for hydroxylation is 1. The van der Waals surface area contributed by atoms with Gasteiger partial charge in [0.1, 0.15) is 0 Å². The molecule has 12 heteroatoms. The summed E-state index contributed by atoms with van der Waals surface area (Å²) in [4.78, 5) is 14.5. The molecule has 2 heterocycles. The van der Waals surface area contributed by atoms with E-state index in [1.54, 1.807) is 6.07 Å². The Hall–Kier alpha value is -2.76. The summed E-state index contributed by atoms with van der Waals surface area (Å²) in [5, 5.41) is 3.98. The molecule has 3 rings (SSSR count). The van der Waals surface area contributed by atoms with Gasteiger partial charge in [0.15, 0.2) is 5.76 Å². The van der Waals surface area contributed by atoms with E-state index in [-0.39, 0.29) is 26.2 Å². The molecule has 0 spiro atoms. The molecule has 0 bridgehead atoms. The molecule has 1 amide bonds. The van der Waals surface area contributed by atoms with Gasteiger partial charge >= 0.3 is 18.4 Å². The monoisotopic (exact) mass is 451 g/mol. The second kappa shape index (κ2) is 8.77. The van der Waals surface area contributed by atoms with Gasteiger partial charge in [-0.25, -0.2) is 4.79 Å². The van der Waals surface area contributed by atoms with E-state index in [4.69, 9.17) is 4.52 Å². The fraction of sp³-hybridized carbons (Fsp3) is 0.474. The second-order valence-electron chi connectivity index (χ2n) is 7.16. The van der Waals surface area contributed by atoms with Crippen molar-refractivity contribution < 1.29 is 40.4 Å². The van der Waals surface area contributed by atoms with Gasteiger partial charge in [-0.05, 0) is 6.92 Å². The smallest absolute Gasteiger partial charge is 0.426 e. The summed E-state index contributed by atoms with van der Waals surface area (Å²) in [5.74, 6) is 0.572. The maximum Gasteiger partial charge on any atom is 0.434 e. The predicted molar refractivity (Wildman–Crippen MR) is 95.9 cm³/mol. The van der Waals surface area contributed by atoms with Crippen LogP contribution in [-0.2, 0) is 11.3 Å². The van der Waals surface area contributed by atoms with Crippen LogP contribution in [0, 0.1) is 6.92 Å². The molecule has 0 saturated carbocycles. The van der Waals surface area contributed by atoms with Crippen molar-refractivity contribution in [2.75, 3.05) is 26.2 Å². The molecule has 0 atom stereocenters. The summed E-state index contributed by atoms with van der Waals surface area (Å²) in [5.41, 5.74) is 2.55. The zero-order chi connectivity index (χ0) is 22.8. The van der Waals surface area contributed by atoms with Crippen molar-refractivity contribution in [3.63, 3.8) is 0 Å². The molecule has 170 valence electrons. The Bertz CT molecular complexity index is 873. The fourth-order valence-electron chi connectivity index (χ4n) is 3.05. The lowest BCUT2D eigenvalue weighted by molar-refractivity contribution is -0.308. The van der Waals surface area contributed by atoms with E-state index in [9.17, 15) is 31.1 Å². The molecule has 0 aliphatic carbocycles. The number of benzene rings is 1. The number of hydrogen-bond acceptors (Lipinski definition) is 5. The zero-order valence-corrected chi connectivity index (χ0v) is 16.3. The van der Waals surface area contributed by atoms with Crippen LogP contribution in [0.4, 0.5) is 31.1 Å². The first-order valence-electron chi connectivity index (χ1n) is 9.27. The predicted octanol–water partition coefficient (Wildman–Crippen LogP) is 4.40. The standard InChI is InChI=1S/C19H19F6N3O3/c1-12-2-4-13(5-3-12)15-10-14(26-31-15)11-27-6-8-28(9-7-27)17(29)30-16(18(20,21)22)19(23,24)25/h2-5,10,16H,6-9,11H2,1H3. The van der Waals surface area contributed by atoms with Crippen LogP contribution in [0.3, 0.4) is 0 Å². The molecular weight excluding hydrogens is 432 g/mol. The highest BCUT2D eigenvalue weighted by molar-refractivity contribution is 5.68. The van der Waals surface area contributed by atoms with Gasteiger partial charge in [-0.3, -0.25) is 4.90 Å². The van der Waals surface area contributed by atoms with Crippen molar-refractivity contribution in [1.82, 2.24) is 15.0 Å². The van der Waals surface area contributed by atoms with Crippen LogP contribution in [0.2, 0.25) is 0 Å². The van der Waals surface area contributed by atoms with Crippen LogP contribution in [0.15, 0.2) is 34.9 Å². The van der Waals surface area contributed by atoms with Gasteiger partial charge in [-0.15, -0.1) is 0 Å². The summed E-state index contributed by atoms with van der Waals surface area (Å²) in [7, 11) is 0. The molecule has 0 N–H and O–H groups in total. The molecule has 0 unspecified atom stereocenters. The first-order chi connectivity index (χ1) is 14.4. The van der Waals surface area contributed by atoms with Gasteiger partial charge in [0, 0.05) is 44.4 Å². The number of aromatic nitrogens is 1. The number of carbonyl (C=O) groups is 1. The lowest BCUT2D eigenvalue weighted by Crippen LogP contribution is -2.52. The summed E-state index contributed by atoms with van der Waals surface area (Å²) in [6, 6.07) is 9.39. The van der Waals surface area contributed by atoms with Crippen molar-refractivity contribution in [2.45, 2.75) is 31.9 Å². The summed E-state index contributed by atoms with van der Waals surface area (Å²) >= 11 is 0. The molecule has 1 aliphatic rings. The molecule has 6 nitrogen and oxygen atoms in total.